The highest BCUT2D eigenvalue weighted by Crippen LogP contribution is 2.25. The average Bonchev–Trinajstić information content (AvgIpc) is 3.05. The van der Waals surface area contributed by atoms with Gasteiger partial charge in [-0.2, -0.15) is 0 Å². The largest absolute Gasteiger partial charge is 0.480 e. The lowest BCUT2D eigenvalue weighted by atomic mass is 9.85. The van der Waals surface area contributed by atoms with E-state index in [4.69, 9.17) is 9.52 Å². The van der Waals surface area contributed by atoms with E-state index in [2.05, 4.69) is 11.9 Å². The van der Waals surface area contributed by atoms with E-state index in [0.717, 1.165) is 18.6 Å². The minimum atomic E-state index is -0.815. The predicted octanol–water partition coefficient (Wildman–Crippen LogP) is 1.96. The lowest BCUT2D eigenvalue weighted by Crippen LogP contribution is -2.57. The number of nitrogens with one attached hydrogen (secondary N) is 1. The Labute approximate surface area is 148 Å². The molecule has 0 spiro atoms. The summed E-state index contributed by atoms with van der Waals surface area (Å²) < 4.78 is 5.30. The summed E-state index contributed by atoms with van der Waals surface area (Å²) in [6.07, 6.45) is 5.55. The second-order valence-electron chi connectivity index (χ2n) is 6.29. The lowest BCUT2D eigenvalue weighted by Gasteiger charge is -2.42. The van der Waals surface area contributed by atoms with Gasteiger partial charge in [-0.25, -0.2) is 4.79 Å². The molecule has 0 bridgehead atoms. The standard InChI is InChI=1S/C18H27N3O4/c1-3-8-21(9-7-16-6-5-10-25-16)18(24)19-14-11-15(12-14)20(4-2)13-17(22)23/h3,5-6,10,14-15H,1,4,7-9,11-13H2,2H3,(H,19,24)(H,22,23). The molecule has 2 N–H and O–H groups in total. The number of likely N-dealkylation sites (N-methyl/N-ethyl adjacent to an activating group) is 1. The van der Waals surface area contributed by atoms with Crippen LogP contribution in [0.3, 0.4) is 0 Å². The van der Waals surface area contributed by atoms with Gasteiger partial charge in [-0.3, -0.25) is 9.69 Å². The second-order valence-corrected chi connectivity index (χ2v) is 6.29. The van der Waals surface area contributed by atoms with Gasteiger partial charge < -0.3 is 19.7 Å². The van der Waals surface area contributed by atoms with E-state index < -0.39 is 5.97 Å². The fourth-order valence-electron chi connectivity index (χ4n) is 3.07. The van der Waals surface area contributed by atoms with Crippen LogP contribution in [0.25, 0.3) is 0 Å². The summed E-state index contributed by atoms with van der Waals surface area (Å²) in [5.41, 5.74) is 0. The Morgan fingerprint density at radius 2 is 2.24 bits per heavy atom. The number of hydrogen-bond donors (Lipinski definition) is 2. The summed E-state index contributed by atoms with van der Waals surface area (Å²) in [7, 11) is 0. The zero-order valence-electron chi connectivity index (χ0n) is 14.7. The summed E-state index contributed by atoms with van der Waals surface area (Å²) in [4.78, 5) is 27.0. The number of carbonyl (C=O) groups excluding carboxylic acids is 1. The molecule has 7 nitrogen and oxygen atoms in total. The first-order valence-electron chi connectivity index (χ1n) is 8.68. The van der Waals surface area contributed by atoms with E-state index in [0.29, 0.717) is 26.1 Å². The van der Waals surface area contributed by atoms with Gasteiger partial charge in [-0.15, -0.1) is 6.58 Å². The summed E-state index contributed by atoms with van der Waals surface area (Å²) in [6, 6.07) is 3.93. The fourth-order valence-corrected chi connectivity index (χ4v) is 3.07. The summed E-state index contributed by atoms with van der Waals surface area (Å²) >= 11 is 0. The van der Waals surface area contributed by atoms with Gasteiger partial charge in [0.25, 0.3) is 0 Å². The molecule has 0 saturated heterocycles. The first-order valence-corrected chi connectivity index (χ1v) is 8.68. The number of nitrogens with zero attached hydrogens (tertiary/aromatic N) is 2. The third-order valence-electron chi connectivity index (χ3n) is 4.55. The van der Waals surface area contributed by atoms with Crippen molar-refractivity contribution in [2.24, 2.45) is 0 Å². The molecular formula is C18H27N3O4. The Morgan fingerprint density at radius 1 is 1.48 bits per heavy atom. The van der Waals surface area contributed by atoms with Crippen molar-refractivity contribution in [2.75, 3.05) is 26.2 Å². The molecule has 0 radical (unpaired) electrons. The maximum Gasteiger partial charge on any atom is 0.317 e. The first-order chi connectivity index (χ1) is 12.0. The quantitative estimate of drug-likeness (QED) is 0.631. The number of furan rings is 1. The monoisotopic (exact) mass is 349 g/mol. The Balaban J connectivity index is 1.77. The first kappa shape index (κ1) is 19.1. The number of urea groups is 1. The third-order valence-corrected chi connectivity index (χ3v) is 4.55. The highest BCUT2D eigenvalue weighted by molar-refractivity contribution is 5.75. The lowest BCUT2D eigenvalue weighted by molar-refractivity contribution is -0.139. The van der Waals surface area contributed by atoms with Gasteiger partial charge in [0.2, 0.25) is 0 Å². The van der Waals surface area contributed by atoms with E-state index in [-0.39, 0.29) is 24.7 Å². The van der Waals surface area contributed by atoms with Gasteiger partial charge in [0.1, 0.15) is 5.76 Å². The Hall–Kier alpha value is -2.28. The molecule has 0 aromatic carbocycles. The molecule has 138 valence electrons. The van der Waals surface area contributed by atoms with Gasteiger partial charge in [0.05, 0.1) is 12.8 Å². The van der Waals surface area contributed by atoms with Crippen molar-refractivity contribution in [1.82, 2.24) is 15.1 Å². The molecule has 0 atom stereocenters. The number of hydrogen-bond acceptors (Lipinski definition) is 4. The number of aliphatic carboxylic acids is 1. The molecule has 1 aromatic rings. The van der Waals surface area contributed by atoms with Crippen molar-refractivity contribution in [3.63, 3.8) is 0 Å². The number of carboxylic acids is 1. The van der Waals surface area contributed by atoms with E-state index in [1.54, 1.807) is 17.2 Å². The van der Waals surface area contributed by atoms with E-state index >= 15 is 0 Å². The zero-order chi connectivity index (χ0) is 18.2. The van der Waals surface area contributed by atoms with Gasteiger partial charge in [-0.05, 0) is 31.5 Å². The molecular weight excluding hydrogens is 322 g/mol. The number of carbonyl (C=O) groups is 2. The van der Waals surface area contributed by atoms with Crippen LogP contribution in [0.2, 0.25) is 0 Å². The van der Waals surface area contributed by atoms with E-state index in [9.17, 15) is 9.59 Å². The van der Waals surface area contributed by atoms with Gasteiger partial charge >= 0.3 is 12.0 Å². The van der Waals surface area contributed by atoms with Crippen molar-refractivity contribution in [3.8, 4) is 0 Å². The van der Waals surface area contributed by atoms with Crippen LogP contribution >= 0.6 is 0 Å². The molecule has 25 heavy (non-hydrogen) atoms. The van der Waals surface area contributed by atoms with Crippen molar-refractivity contribution < 1.29 is 19.1 Å². The molecule has 1 aliphatic rings. The minimum Gasteiger partial charge on any atom is -0.480 e. The van der Waals surface area contributed by atoms with Crippen molar-refractivity contribution in [1.29, 1.82) is 0 Å². The molecule has 1 saturated carbocycles. The van der Waals surface area contributed by atoms with Crippen LogP contribution in [0.1, 0.15) is 25.5 Å². The Kier molecular flexibility index (Phi) is 7.06. The molecule has 1 fully saturated rings. The zero-order valence-corrected chi connectivity index (χ0v) is 14.7. The predicted molar refractivity (Wildman–Crippen MR) is 94.4 cm³/mol. The molecule has 1 heterocycles. The molecule has 0 aliphatic heterocycles. The van der Waals surface area contributed by atoms with E-state index in [1.165, 1.54) is 0 Å². The smallest absolute Gasteiger partial charge is 0.317 e. The number of rotatable bonds is 10. The Bertz CT molecular complexity index is 567. The molecule has 1 aromatic heterocycles. The molecule has 1 aliphatic carbocycles. The molecule has 0 unspecified atom stereocenters. The van der Waals surface area contributed by atoms with Crippen LogP contribution in [0.5, 0.6) is 0 Å². The molecule has 2 rings (SSSR count). The van der Waals surface area contributed by atoms with Gasteiger partial charge in [-0.1, -0.05) is 13.0 Å². The van der Waals surface area contributed by atoms with Crippen molar-refractivity contribution in [3.05, 3.63) is 36.8 Å². The molecule has 2 amide bonds. The van der Waals surface area contributed by atoms with E-state index in [1.807, 2.05) is 24.0 Å². The number of carboxylic acid groups (broad SMARTS) is 1. The third kappa shape index (κ3) is 5.63. The SMILES string of the molecule is C=CCN(CCc1ccco1)C(=O)NC1CC(N(CC)CC(=O)O)C1. The van der Waals surface area contributed by atoms with Gasteiger partial charge in [0, 0.05) is 31.6 Å². The van der Waals surface area contributed by atoms with Crippen LogP contribution in [-0.2, 0) is 11.2 Å². The van der Waals surface area contributed by atoms with Crippen molar-refractivity contribution in [2.45, 2.75) is 38.3 Å². The molecule has 7 heteroatoms. The van der Waals surface area contributed by atoms with Crippen LogP contribution in [0.4, 0.5) is 4.79 Å². The van der Waals surface area contributed by atoms with Crippen LogP contribution < -0.4 is 5.32 Å². The fraction of sp³-hybridized carbons (Fsp3) is 0.556. The average molecular weight is 349 g/mol. The highest BCUT2D eigenvalue weighted by atomic mass is 16.4. The van der Waals surface area contributed by atoms with Gasteiger partial charge in [0.15, 0.2) is 0 Å². The normalized spacial score (nSPS) is 19.3. The summed E-state index contributed by atoms with van der Waals surface area (Å²) in [6.45, 7) is 7.44. The van der Waals surface area contributed by atoms with Crippen LogP contribution in [0, 0.1) is 0 Å². The van der Waals surface area contributed by atoms with Crippen LogP contribution in [0.15, 0.2) is 35.5 Å². The summed E-state index contributed by atoms with van der Waals surface area (Å²) in [5, 5.41) is 12.0. The highest BCUT2D eigenvalue weighted by Gasteiger charge is 2.35. The number of amides is 2. The topological polar surface area (TPSA) is 86.0 Å². The van der Waals surface area contributed by atoms with Crippen molar-refractivity contribution >= 4 is 12.0 Å². The summed E-state index contributed by atoms with van der Waals surface area (Å²) in [5.74, 6) is 0.0299. The maximum atomic E-state index is 12.4. The Morgan fingerprint density at radius 3 is 2.80 bits per heavy atom. The van der Waals surface area contributed by atoms with Crippen LogP contribution in [-0.4, -0.2) is 65.2 Å². The maximum absolute atomic E-state index is 12.4. The second kappa shape index (κ2) is 9.27. The minimum absolute atomic E-state index is 0.0492.